The third-order valence-corrected chi connectivity index (χ3v) is 7.49. The third-order valence-electron chi connectivity index (χ3n) is 6.84. The van der Waals surface area contributed by atoms with E-state index in [9.17, 15) is 14.4 Å². The van der Waals surface area contributed by atoms with Crippen molar-refractivity contribution in [2.75, 3.05) is 25.1 Å². The number of nitrogens with one attached hydrogen (secondary N) is 2. The number of thioether (sulfide) groups is 1. The Kier molecular flexibility index (Phi) is 4.92. The van der Waals surface area contributed by atoms with Crippen molar-refractivity contribution in [2.45, 2.75) is 51.0 Å². The van der Waals surface area contributed by atoms with Crippen LogP contribution >= 0.6 is 11.8 Å². The van der Waals surface area contributed by atoms with Crippen LogP contribution in [-0.4, -0.2) is 53.9 Å². The van der Waals surface area contributed by atoms with Crippen LogP contribution in [0, 0.1) is 23.2 Å². The molecule has 1 atom stereocenters. The summed E-state index contributed by atoms with van der Waals surface area (Å²) in [6.45, 7) is 0.543. The number of carbonyl (C=O) groups is 3. The molecule has 0 aromatic rings. The van der Waals surface area contributed by atoms with E-state index in [1.807, 2.05) is 6.26 Å². The zero-order valence-corrected chi connectivity index (χ0v) is 16.3. The van der Waals surface area contributed by atoms with Gasteiger partial charge in [-0.15, -0.1) is 0 Å². The van der Waals surface area contributed by atoms with Gasteiger partial charge in [0.15, 0.2) is 0 Å². The maximum Gasteiger partial charge on any atom is 0.325 e. The summed E-state index contributed by atoms with van der Waals surface area (Å²) in [6, 6.07) is -0.919. The van der Waals surface area contributed by atoms with Crippen LogP contribution in [0.25, 0.3) is 0 Å². The summed E-state index contributed by atoms with van der Waals surface area (Å²) in [6.07, 6.45) is 10.4. The highest BCUT2D eigenvalue weighted by atomic mass is 32.2. The number of rotatable bonds is 7. The molecule has 1 heterocycles. The fourth-order valence-electron chi connectivity index (χ4n) is 6.15. The summed E-state index contributed by atoms with van der Waals surface area (Å²) in [5.74, 6) is 2.87. The highest BCUT2D eigenvalue weighted by molar-refractivity contribution is 7.98. The fourth-order valence-corrected chi connectivity index (χ4v) is 6.62. The largest absolute Gasteiger partial charge is 0.354 e. The van der Waals surface area contributed by atoms with Crippen molar-refractivity contribution < 1.29 is 14.4 Å². The molecule has 5 aliphatic rings. The summed E-state index contributed by atoms with van der Waals surface area (Å²) in [7, 11) is 0. The van der Waals surface area contributed by atoms with Gasteiger partial charge in [0.25, 0.3) is 5.91 Å². The SMILES string of the molecule is CSCC[C@H]1NC(=O)N(CC(=O)NCC23CC4CC(CC(C4)C2)C3)C1=O. The standard InChI is InChI=1S/C19H29N3O3S/c1-26-3-2-15-17(24)22(18(25)21-15)10-16(23)20-11-19-7-12-4-13(8-19)6-14(5-12)9-19/h12-15H,2-11H2,1H3,(H,20,23)(H,21,25)/t12?,13?,14?,15-,19?/m1/s1. The van der Waals surface area contributed by atoms with Gasteiger partial charge in [0.1, 0.15) is 12.6 Å². The van der Waals surface area contributed by atoms with Crippen LogP contribution in [0.5, 0.6) is 0 Å². The molecule has 0 radical (unpaired) electrons. The topological polar surface area (TPSA) is 78.5 Å². The van der Waals surface area contributed by atoms with Crippen molar-refractivity contribution in [1.82, 2.24) is 15.5 Å². The van der Waals surface area contributed by atoms with Crippen molar-refractivity contribution in [2.24, 2.45) is 23.2 Å². The lowest BCUT2D eigenvalue weighted by Crippen LogP contribution is -2.52. The predicted octanol–water partition coefficient (Wildman–Crippen LogP) is 1.99. The van der Waals surface area contributed by atoms with Gasteiger partial charge in [-0.05, 0) is 80.1 Å². The van der Waals surface area contributed by atoms with Gasteiger partial charge in [-0.3, -0.25) is 14.5 Å². The number of carbonyl (C=O) groups excluding carboxylic acids is 3. The molecule has 1 aliphatic heterocycles. The third kappa shape index (κ3) is 3.47. The molecule has 0 unspecified atom stereocenters. The first-order valence-electron chi connectivity index (χ1n) is 9.85. The van der Waals surface area contributed by atoms with Crippen LogP contribution in [0.2, 0.25) is 0 Å². The smallest absolute Gasteiger partial charge is 0.325 e. The van der Waals surface area contributed by atoms with Crippen molar-refractivity contribution in [3.8, 4) is 0 Å². The highest BCUT2D eigenvalue weighted by Crippen LogP contribution is 2.59. The minimum absolute atomic E-state index is 0.160. The molecule has 0 spiro atoms. The summed E-state index contributed by atoms with van der Waals surface area (Å²) in [5, 5.41) is 5.74. The van der Waals surface area contributed by atoms with Gasteiger partial charge in [-0.25, -0.2) is 4.79 Å². The van der Waals surface area contributed by atoms with Gasteiger partial charge < -0.3 is 10.6 Å². The Labute approximate surface area is 159 Å². The number of hydrogen-bond donors (Lipinski definition) is 2. The van der Waals surface area contributed by atoms with E-state index in [0.717, 1.165) is 28.4 Å². The van der Waals surface area contributed by atoms with Crippen LogP contribution in [0.15, 0.2) is 0 Å². The van der Waals surface area contributed by atoms with Crippen molar-refractivity contribution >= 4 is 29.6 Å². The number of urea groups is 1. The molecule has 1 saturated heterocycles. The van der Waals surface area contributed by atoms with Crippen molar-refractivity contribution in [3.63, 3.8) is 0 Å². The molecule has 0 aromatic carbocycles. The first kappa shape index (κ1) is 18.1. The average molecular weight is 380 g/mol. The molecule has 6 nitrogen and oxygen atoms in total. The molecular weight excluding hydrogens is 350 g/mol. The maximum atomic E-state index is 12.4. The number of imide groups is 1. The second-order valence-corrected chi connectivity index (χ2v) is 9.89. The minimum Gasteiger partial charge on any atom is -0.354 e. The van der Waals surface area contributed by atoms with E-state index in [0.29, 0.717) is 13.0 Å². The second-order valence-electron chi connectivity index (χ2n) is 8.90. The lowest BCUT2D eigenvalue weighted by Gasteiger charge is -2.56. The molecule has 7 heteroatoms. The lowest BCUT2D eigenvalue weighted by molar-refractivity contribution is -0.132. The molecule has 4 bridgehead atoms. The van der Waals surface area contributed by atoms with Crippen LogP contribution in [-0.2, 0) is 9.59 Å². The maximum absolute atomic E-state index is 12.4. The van der Waals surface area contributed by atoms with E-state index in [-0.39, 0.29) is 23.8 Å². The van der Waals surface area contributed by atoms with Crippen LogP contribution in [0.4, 0.5) is 4.79 Å². The molecular formula is C19H29N3O3S. The molecule has 0 aromatic heterocycles. The molecule has 4 aliphatic carbocycles. The van der Waals surface area contributed by atoms with E-state index >= 15 is 0 Å². The monoisotopic (exact) mass is 379 g/mol. The molecule has 4 saturated carbocycles. The van der Waals surface area contributed by atoms with E-state index in [2.05, 4.69) is 10.6 Å². The van der Waals surface area contributed by atoms with Crippen LogP contribution in [0.3, 0.4) is 0 Å². The summed E-state index contributed by atoms with van der Waals surface area (Å²) >= 11 is 1.64. The number of nitrogens with zero attached hydrogens (tertiary/aromatic N) is 1. The van der Waals surface area contributed by atoms with E-state index in [4.69, 9.17) is 0 Å². The Balaban J connectivity index is 1.29. The van der Waals surface area contributed by atoms with Crippen LogP contribution in [0.1, 0.15) is 44.9 Å². The molecule has 144 valence electrons. The summed E-state index contributed by atoms with van der Waals surface area (Å²) in [5.41, 5.74) is 0.266. The van der Waals surface area contributed by atoms with E-state index in [1.54, 1.807) is 11.8 Å². The highest BCUT2D eigenvalue weighted by Gasteiger charge is 2.50. The predicted molar refractivity (Wildman–Crippen MR) is 101 cm³/mol. The van der Waals surface area contributed by atoms with Crippen molar-refractivity contribution in [1.29, 1.82) is 0 Å². The Morgan fingerprint density at radius 1 is 1.19 bits per heavy atom. The average Bonchev–Trinajstić information content (AvgIpc) is 2.85. The molecule has 5 rings (SSSR count). The Hall–Kier alpha value is -1.24. The molecule has 5 fully saturated rings. The van der Waals surface area contributed by atoms with Gasteiger partial charge in [0.2, 0.25) is 5.91 Å². The minimum atomic E-state index is -0.481. The Morgan fingerprint density at radius 2 is 1.81 bits per heavy atom. The van der Waals surface area contributed by atoms with Crippen LogP contribution < -0.4 is 10.6 Å². The lowest BCUT2D eigenvalue weighted by atomic mass is 9.49. The summed E-state index contributed by atoms with van der Waals surface area (Å²) < 4.78 is 0. The van der Waals surface area contributed by atoms with Gasteiger partial charge in [0.05, 0.1) is 0 Å². The zero-order chi connectivity index (χ0) is 18.3. The quantitative estimate of drug-likeness (QED) is 0.663. The molecule has 26 heavy (non-hydrogen) atoms. The van der Waals surface area contributed by atoms with Gasteiger partial charge in [-0.2, -0.15) is 11.8 Å². The normalized spacial score (nSPS) is 38.0. The Morgan fingerprint density at radius 3 is 2.38 bits per heavy atom. The van der Waals surface area contributed by atoms with E-state index in [1.165, 1.54) is 38.5 Å². The second kappa shape index (κ2) is 7.06. The van der Waals surface area contributed by atoms with Gasteiger partial charge >= 0.3 is 6.03 Å². The summed E-state index contributed by atoms with van der Waals surface area (Å²) in [4.78, 5) is 37.8. The Bertz CT molecular complexity index is 574. The molecule has 2 N–H and O–H groups in total. The molecule has 4 amide bonds. The van der Waals surface area contributed by atoms with Gasteiger partial charge in [-0.1, -0.05) is 0 Å². The fraction of sp³-hybridized carbons (Fsp3) is 0.842. The number of hydrogen-bond acceptors (Lipinski definition) is 4. The first-order valence-corrected chi connectivity index (χ1v) is 11.2. The van der Waals surface area contributed by atoms with E-state index < -0.39 is 12.1 Å². The first-order chi connectivity index (χ1) is 12.5. The zero-order valence-electron chi connectivity index (χ0n) is 15.5. The van der Waals surface area contributed by atoms with Gasteiger partial charge in [0, 0.05) is 6.54 Å². The number of amides is 4. The van der Waals surface area contributed by atoms with Crippen molar-refractivity contribution in [3.05, 3.63) is 0 Å².